The van der Waals surface area contributed by atoms with E-state index in [2.05, 4.69) is 5.32 Å². The first-order chi connectivity index (χ1) is 9.99. The molecule has 0 aliphatic carbocycles. The Bertz CT molecular complexity index is 611. The Labute approximate surface area is 122 Å². The van der Waals surface area contributed by atoms with Gasteiger partial charge in [-0.2, -0.15) is 0 Å². The highest BCUT2D eigenvalue weighted by molar-refractivity contribution is 5.45. The Balaban J connectivity index is 2.11. The zero-order chi connectivity index (χ0) is 15.4. The third kappa shape index (κ3) is 3.92. The van der Waals surface area contributed by atoms with Crippen molar-refractivity contribution in [3.05, 3.63) is 59.2 Å². The van der Waals surface area contributed by atoms with Crippen LogP contribution in [0.15, 0.2) is 36.4 Å². The van der Waals surface area contributed by atoms with Crippen LogP contribution >= 0.6 is 0 Å². The topological polar surface area (TPSA) is 41.5 Å². The van der Waals surface area contributed by atoms with E-state index in [1.807, 2.05) is 19.1 Å². The standard InChI is InChI=1S/C16H17F2NO2/c1-10-3-4-16(21-2)14(5-10)15(20)9-19-13-7-11(17)6-12(18)8-13/h3-8,15,19-20H,9H2,1-2H3. The molecule has 0 aliphatic rings. The lowest BCUT2D eigenvalue weighted by atomic mass is 10.0. The number of hydrogen-bond donors (Lipinski definition) is 2. The number of aliphatic hydroxyl groups excluding tert-OH is 1. The molecule has 1 atom stereocenters. The van der Waals surface area contributed by atoms with Crippen molar-refractivity contribution < 1.29 is 18.6 Å². The molecule has 0 fully saturated rings. The molecule has 3 nitrogen and oxygen atoms in total. The van der Waals surface area contributed by atoms with Gasteiger partial charge in [-0.1, -0.05) is 11.6 Å². The molecule has 0 bridgehead atoms. The largest absolute Gasteiger partial charge is 0.496 e. The smallest absolute Gasteiger partial charge is 0.128 e. The first-order valence-corrected chi connectivity index (χ1v) is 6.52. The molecule has 5 heteroatoms. The molecule has 0 spiro atoms. The zero-order valence-electron chi connectivity index (χ0n) is 11.9. The van der Waals surface area contributed by atoms with E-state index in [0.29, 0.717) is 11.3 Å². The fourth-order valence-corrected chi connectivity index (χ4v) is 2.09. The highest BCUT2D eigenvalue weighted by atomic mass is 19.1. The zero-order valence-corrected chi connectivity index (χ0v) is 11.9. The van der Waals surface area contributed by atoms with Gasteiger partial charge in [-0.3, -0.25) is 0 Å². The fraction of sp³-hybridized carbons (Fsp3) is 0.250. The molecular formula is C16H17F2NO2. The molecule has 0 aromatic heterocycles. The first kappa shape index (κ1) is 15.3. The first-order valence-electron chi connectivity index (χ1n) is 6.52. The second-order valence-corrected chi connectivity index (χ2v) is 4.80. The summed E-state index contributed by atoms with van der Waals surface area (Å²) in [5, 5.41) is 13.0. The van der Waals surface area contributed by atoms with Gasteiger partial charge in [-0.25, -0.2) is 8.78 Å². The summed E-state index contributed by atoms with van der Waals surface area (Å²) < 4.78 is 31.4. The molecule has 2 aromatic carbocycles. The predicted octanol–water partition coefficient (Wildman–Crippen LogP) is 3.43. The number of halogens is 2. The van der Waals surface area contributed by atoms with Crippen LogP contribution in [0.25, 0.3) is 0 Å². The highest BCUT2D eigenvalue weighted by Crippen LogP contribution is 2.26. The van der Waals surface area contributed by atoms with Gasteiger partial charge in [0.05, 0.1) is 13.2 Å². The summed E-state index contributed by atoms with van der Waals surface area (Å²) in [7, 11) is 1.52. The van der Waals surface area contributed by atoms with Crippen molar-refractivity contribution in [3.63, 3.8) is 0 Å². The molecule has 0 radical (unpaired) electrons. The monoisotopic (exact) mass is 293 g/mol. The minimum atomic E-state index is -0.855. The molecular weight excluding hydrogens is 276 g/mol. The van der Waals surface area contributed by atoms with Gasteiger partial charge in [-0.15, -0.1) is 0 Å². The second kappa shape index (κ2) is 6.54. The van der Waals surface area contributed by atoms with Crippen LogP contribution in [-0.4, -0.2) is 18.8 Å². The van der Waals surface area contributed by atoms with Crippen molar-refractivity contribution in [3.8, 4) is 5.75 Å². The van der Waals surface area contributed by atoms with Crippen LogP contribution in [0.5, 0.6) is 5.75 Å². The molecule has 2 N–H and O–H groups in total. The minimum Gasteiger partial charge on any atom is -0.496 e. The van der Waals surface area contributed by atoms with Crippen molar-refractivity contribution in [2.24, 2.45) is 0 Å². The lowest BCUT2D eigenvalue weighted by Gasteiger charge is -2.17. The van der Waals surface area contributed by atoms with Crippen molar-refractivity contribution >= 4 is 5.69 Å². The van der Waals surface area contributed by atoms with E-state index in [-0.39, 0.29) is 12.2 Å². The van der Waals surface area contributed by atoms with Gasteiger partial charge in [0.2, 0.25) is 0 Å². The molecule has 112 valence electrons. The van der Waals surface area contributed by atoms with Crippen molar-refractivity contribution in [2.75, 3.05) is 19.0 Å². The Morgan fingerprint density at radius 1 is 1.14 bits per heavy atom. The minimum absolute atomic E-state index is 0.114. The third-order valence-electron chi connectivity index (χ3n) is 3.11. The summed E-state index contributed by atoms with van der Waals surface area (Å²) in [6, 6.07) is 8.61. The van der Waals surface area contributed by atoms with E-state index >= 15 is 0 Å². The molecule has 2 rings (SSSR count). The molecule has 0 saturated carbocycles. The molecule has 0 saturated heterocycles. The number of ether oxygens (including phenoxy) is 1. The number of aryl methyl sites for hydroxylation is 1. The molecule has 0 aliphatic heterocycles. The summed E-state index contributed by atoms with van der Waals surface area (Å²) in [5.41, 5.74) is 1.89. The number of benzene rings is 2. The number of rotatable bonds is 5. The highest BCUT2D eigenvalue weighted by Gasteiger charge is 2.13. The molecule has 1 unspecified atom stereocenters. The van der Waals surface area contributed by atoms with Crippen LogP contribution in [0.1, 0.15) is 17.2 Å². The lowest BCUT2D eigenvalue weighted by Crippen LogP contribution is -2.13. The summed E-state index contributed by atoms with van der Waals surface area (Å²) >= 11 is 0. The van der Waals surface area contributed by atoms with Gasteiger partial charge < -0.3 is 15.2 Å². The lowest BCUT2D eigenvalue weighted by molar-refractivity contribution is 0.187. The van der Waals surface area contributed by atoms with Gasteiger partial charge in [-0.05, 0) is 31.2 Å². The summed E-state index contributed by atoms with van der Waals surface area (Å²) in [6.07, 6.45) is -0.855. The predicted molar refractivity (Wildman–Crippen MR) is 77.5 cm³/mol. The Morgan fingerprint density at radius 2 is 1.81 bits per heavy atom. The number of hydrogen-bond acceptors (Lipinski definition) is 3. The van der Waals surface area contributed by atoms with Crippen LogP contribution in [0, 0.1) is 18.6 Å². The summed E-state index contributed by atoms with van der Waals surface area (Å²) in [6.45, 7) is 2.02. The summed E-state index contributed by atoms with van der Waals surface area (Å²) in [5.74, 6) is -0.763. The number of aliphatic hydroxyl groups is 1. The van der Waals surface area contributed by atoms with Gasteiger partial charge in [0.25, 0.3) is 0 Å². The van der Waals surface area contributed by atoms with Crippen molar-refractivity contribution in [1.29, 1.82) is 0 Å². The van der Waals surface area contributed by atoms with Crippen molar-refractivity contribution in [2.45, 2.75) is 13.0 Å². The fourth-order valence-electron chi connectivity index (χ4n) is 2.09. The van der Waals surface area contributed by atoms with E-state index in [1.54, 1.807) is 6.07 Å². The Kier molecular flexibility index (Phi) is 4.75. The Morgan fingerprint density at radius 3 is 2.43 bits per heavy atom. The average Bonchev–Trinajstić information content (AvgIpc) is 2.43. The van der Waals surface area contributed by atoms with Gasteiger partial charge in [0.1, 0.15) is 17.4 Å². The maximum absolute atomic E-state index is 13.1. The van der Waals surface area contributed by atoms with Crippen LogP contribution in [-0.2, 0) is 0 Å². The SMILES string of the molecule is COc1ccc(C)cc1C(O)CNc1cc(F)cc(F)c1. The molecule has 0 heterocycles. The average molecular weight is 293 g/mol. The van der Waals surface area contributed by atoms with Gasteiger partial charge >= 0.3 is 0 Å². The third-order valence-corrected chi connectivity index (χ3v) is 3.11. The van der Waals surface area contributed by atoms with Crippen LogP contribution in [0.4, 0.5) is 14.5 Å². The Hall–Kier alpha value is -2.14. The van der Waals surface area contributed by atoms with E-state index in [9.17, 15) is 13.9 Å². The number of nitrogens with one attached hydrogen (secondary N) is 1. The van der Waals surface area contributed by atoms with E-state index in [1.165, 1.54) is 19.2 Å². The molecule has 0 amide bonds. The molecule has 2 aromatic rings. The van der Waals surface area contributed by atoms with E-state index in [4.69, 9.17) is 4.74 Å². The van der Waals surface area contributed by atoms with Crippen LogP contribution < -0.4 is 10.1 Å². The summed E-state index contributed by atoms with van der Waals surface area (Å²) in [4.78, 5) is 0. The second-order valence-electron chi connectivity index (χ2n) is 4.80. The number of methoxy groups -OCH3 is 1. The van der Waals surface area contributed by atoms with Gasteiger partial charge in [0, 0.05) is 23.9 Å². The van der Waals surface area contributed by atoms with Crippen LogP contribution in [0.2, 0.25) is 0 Å². The van der Waals surface area contributed by atoms with Gasteiger partial charge in [0.15, 0.2) is 0 Å². The van der Waals surface area contributed by atoms with E-state index in [0.717, 1.165) is 11.6 Å². The molecule has 21 heavy (non-hydrogen) atoms. The van der Waals surface area contributed by atoms with Crippen molar-refractivity contribution in [1.82, 2.24) is 0 Å². The maximum Gasteiger partial charge on any atom is 0.128 e. The maximum atomic E-state index is 13.1. The number of anilines is 1. The van der Waals surface area contributed by atoms with Crippen LogP contribution in [0.3, 0.4) is 0 Å². The quantitative estimate of drug-likeness (QED) is 0.887. The van der Waals surface area contributed by atoms with E-state index < -0.39 is 17.7 Å². The normalized spacial score (nSPS) is 12.0.